The van der Waals surface area contributed by atoms with E-state index in [1.807, 2.05) is 19.1 Å². The number of sulfone groups is 1. The van der Waals surface area contributed by atoms with Gasteiger partial charge in [0.25, 0.3) is 0 Å². The fourth-order valence-electron chi connectivity index (χ4n) is 5.71. The van der Waals surface area contributed by atoms with Gasteiger partial charge in [-0.3, -0.25) is 4.79 Å². The lowest BCUT2D eigenvalue weighted by molar-refractivity contribution is -0.0312. The summed E-state index contributed by atoms with van der Waals surface area (Å²) in [5.41, 5.74) is -0.246. The van der Waals surface area contributed by atoms with Crippen LogP contribution in [0.2, 0.25) is 0 Å². The first-order valence-corrected chi connectivity index (χ1v) is 17.4. The number of aliphatic hydroxyl groups excluding tert-OH is 1. The average Bonchev–Trinajstić information content (AvgIpc) is 3.37. The van der Waals surface area contributed by atoms with Crippen molar-refractivity contribution in [2.45, 2.75) is 60.3 Å². The van der Waals surface area contributed by atoms with Gasteiger partial charge in [0.1, 0.15) is 23.4 Å². The van der Waals surface area contributed by atoms with Crippen LogP contribution in [0.5, 0.6) is 5.75 Å². The summed E-state index contributed by atoms with van der Waals surface area (Å²) in [7, 11) is -7.35. The van der Waals surface area contributed by atoms with Crippen molar-refractivity contribution in [1.29, 1.82) is 0 Å². The average molecular weight is 620 g/mol. The Balaban J connectivity index is 1.15. The number of rotatable bonds is 10. The molecule has 13 heteroatoms. The quantitative estimate of drug-likeness (QED) is 0.347. The monoisotopic (exact) mass is 619 g/mol. The number of para-hydroxylation sites is 1. The van der Waals surface area contributed by atoms with Gasteiger partial charge in [0.2, 0.25) is 15.5 Å². The summed E-state index contributed by atoms with van der Waals surface area (Å²) in [6.45, 7) is 3.61. The van der Waals surface area contributed by atoms with Crippen LogP contribution in [-0.4, -0.2) is 87.7 Å². The van der Waals surface area contributed by atoms with Crippen molar-refractivity contribution < 1.29 is 31.4 Å². The van der Waals surface area contributed by atoms with Gasteiger partial charge in [0.05, 0.1) is 22.6 Å². The minimum atomic E-state index is -3.99. The molecule has 0 amide bonds. The molecule has 2 atom stereocenters. The molecule has 1 unspecified atom stereocenters. The number of pyridine rings is 1. The van der Waals surface area contributed by atoms with Crippen LogP contribution in [0.25, 0.3) is 10.9 Å². The third kappa shape index (κ3) is 6.41. The highest BCUT2D eigenvalue weighted by molar-refractivity contribution is 7.90. The van der Waals surface area contributed by atoms with Gasteiger partial charge in [-0.2, -0.15) is 4.31 Å². The number of nitrogens with one attached hydrogen (secondary N) is 1. The van der Waals surface area contributed by atoms with Crippen molar-refractivity contribution in [2.75, 3.05) is 39.1 Å². The summed E-state index contributed by atoms with van der Waals surface area (Å²) in [4.78, 5) is 13.1. The Hall–Kier alpha value is -2.81. The number of aliphatic hydroxyl groups is 1. The molecule has 2 aliphatic rings. The summed E-state index contributed by atoms with van der Waals surface area (Å²) >= 11 is 0. The number of aryl methyl sites for hydroxylation is 1. The van der Waals surface area contributed by atoms with Crippen molar-refractivity contribution in [1.82, 2.24) is 14.2 Å². The first-order valence-electron chi connectivity index (χ1n) is 14.0. The number of aromatic nitrogens is 1. The standard InChI is InChI=1S/C29H37N3O8S2/c1-3-31-18-27(28(34)25-9-4-5-10-26(25)31)42(37,38)32-13-11-29(12-14-32)16-21(19-40-29)30-17-22(33)20-39-23-7-6-8-24(15-23)41(2,35)36/h4-10,15,18,21-22,30,33H,3,11-14,16-17,19-20H2,1-2H3/t21-,22?/m1/s1. The van der Waals surface area contributed by atoms with Crippen LogP contribution >= 0.6 is 0 Å². The first-order chi connectivity index (χ1) is 19.9. The van der Waals surface area contributed by atoms with Gasteiger partial charge in [0, 0.05) is 50.1 Å². The highest BCUT2D eigenvalue weighted by atomic mass is 32.2. The van der Waals surface area contributed by atoms with Crippen LogP contribution in [0.1, 0.15) is 26.2 Å². The van der Waals surface area contributed by atoms with Crippen molar-refractivity contribution in [3.8, 4) is 5.75 Å². The van der Waals surface area contributed by atoms with Gasteiger partial charge in [-0.05, 0) is 56.5 Å². The van der Waals surface area contributed by atoms with Crippen molar-refractivity contribution >= 4 is 30.8 Å². The Morgan fingerprint density at radius 1 is 1.12 bits per heavy atom. The van der Waals surface area contributed by atoms with Crippen LogP contribution in [0.15, 0.2) is 69.3 Å². The zero-order chi connectivity index (χ0) is 30.1. The number of piperidine rings is 1. The zero-order valence-corrected chi connectivity index (χ0v) is 25.4. The Bertz CT molecular complexity index is 1710. The molecule has 3 heterocycles. The molecule has 0 radical (unpaired) electrons. The number of ether oxygens (including phenoxy) is 2. The van der Waals surface area contributed by atoms with Gasteiger partial charge in [-0.1, -0.05) is 18.2 Å². The number of fused-ring (bicyclic) bond motifs is 1. The zero-order valence-electron chi connectivity index (χ0n) is 23.7. The van der Waals surface area contributed by atoms with Gasteiger partial charge < -0.3 is 24.5 Å². The van der Waals surface area contributed by atoms with E-state index < -0.39 is 37.0 Å². The number of nitrogens with zero attached hydrogens (tertiary/aromatic N) is 2. The summed E-state index contributed by atoms with van der Waals surface area (Å²) in [5, 5.41) is 14.1. The number of hydrogen-bond acceptors (Lipinski definition) is 9. The number of sulfonamides is 1. The molecule has 1 spiro atoms. The summed E-state index contributed by atoms with van der Waals surface area (Å²) in [5.74, 6) is 0.360. The first kappa shape index (κ1) is 30.6. The minimum absolute atomic E-state index is 0.0136. The van der Waals surface area contributed by atoms with Crippen molar-refractivity contribution in [3.05, 3.63) is 65.0 Å². The second-order valence-corrected chi connectivity index (χ2v) is 15.0. The van der Waals surface area contributed by atoms with E-state index in [2.05, 4.69) is 5.32 Å². The Morgan fingerprint density at radius 3 is 2.57 bits per heavy atom. The highest BCUT2D eigenvalue weighted by Crippen LogP contribution is 2.37. The molecule has 1 aromatic heterocycles. The Labute approximate surface area is 246 Å². The molecular formula is C29H37N3O8S2. The molecule has 0 bridgehead atoms. The molecule has 0 aliphatic carbocycles. The lowest BCUT2D eigenvalue weighted by atomic mass is 9.88. The van der Waals surface area contributed by atoms with Crippen LogP contribution in [-0.2, 0) is 31.1 Å². The highest BCUT2D eigenvalue weighted by Gasteiger charge is 2.45. The van der Waals surface area contributed by atoms with E-state index in [9.17, 15) is 26.7 Å². The summed E-state index contributed by atoms with van der Waals surface area (Å²) in [6.07, 6.45) is 3.42. The predicted molar refractivity (Wildman–Crippen MR) is 158 cm³/mol. The molecule has 5 rings (SSSR count). The third-order valence-corrected chi connectivity index (χ3v) is 11.1. The maximum absolute atomic E-state index is 13.6. The Morgan fingerprint density at radius 2 is 1.86 bits per heavy atom. The van der Waals surface area contributed by atoms with Gasteiger partial charge in [-0.15, -0.1) is 0 Å². The van der Waals surface area contributed by atoms with Crippen molar-refractivity contribution in [2.24, 2.45) is 0 Å². The maximum Gasteiger partial charge on any atom is 0.248 e. The largest absolute Gasteiger partial charge is 0.491 e. The predicted octanol–water partition coefficient (Wildman–Crippen LogP) is 1.77. The van der Waals surface area contributed by atoms with Gasteiger partial charge >= 0.3 is 0 Å². The molecule has 42 heavy (non-hydrogen) atoms. The van der Waals surface area contributed by atoms with Gasteiger partial charge in [0.15, 0.2) is 9.84 Å². The van der Waals surface area contributed by atoms with E-state index in [0.717, 1.165) is 6.26 Å². The SMILES string of the molecule is CCn1cc(S(=O)(=O)N2CCC3(CC2)C[C@@H](NCC(O)COc2cccc(S(C)(=O)=O)c2)CO3)c(=O)c2ccccc21. The number of benzene rings is 2. The summed E-state index contributed by atoms with van der Waals surface area (Å²) < 4.78 is 65.6. The normalized spacial score (nSPS) is 20.2. The summed E-state index contributed by atoms with van der Waals surface area (Å²) in [6, 6.07) is 13.2. The molecule has 2 aromatic carbocycles. The Kier molecular flexibility index (Phi) is 8.80. The fraction of sp³-hybridized carbons (Fsp3) is 0.483. The molecule has 2 N–H and O–H groups in total. The van der Waals surface area contributed by atoms with E-state index in [1.165, 1.54) is 22.6 Å². The van der Waals surface area contributed by atoms with E-state index >= 15 is 0 Å². The molecule has 11 nitrogen and oxygen atoms in total. The second kappa shape index (κ2) is 12.1. The maximum atomic E-state index is 13.6. The molecule has 3 aromatic rings. The van der Waals surface area contributed by atoms with Crippen LogP contribution in [0.4, 0.5) is 0 Å². The third-order valence-electron chi connectivity index (χ3n) is 8.07. The van der Waals surface area contributed by atoms with Crippen LogP contribution < -0.4 is 15.5 Å². The molecule has 2 aliphatic heterocycles. The van der Waals surface area contributed by atoms with Gasteiger partial charge in [-0.25, -0.2) is 16.8 Å². The topological polar surface area (TPSA) is 144 Å². The lowest BCUT2D eigenvalue weighted by Crippen LogP contribution is -2.47. The molecular weight excluding hydrogens is 582 g/mol. The van der Waals surface area contributed by atoms with E-state index in [-0.39, 0.29) is 42.1 Å². The smallest absolute Gasteiger partial charge is 0.248 e. The minimum Gasteiger partial charge on any atom is -0.491 e. The second-order valence-electron chi connectivity index (χ2n) is 11.0. The molecule has 228 valence electrons. The van der Waals surface area contributed by atoms with Crippen LogP contribution in [0, 0.1) is 0 Å². The molecule has 0 saturated carbocycles. The fourth-order valence-corrected chi connectivity index (χ4v) is 7.91. The van der Waals surface area contributed by atoms with E-state index in [0.29, 0.717) is 49.1 Å². The number of hydrogen-bond donors (Lipinski definition) is 2. The van der Waals surface area contributed by atoms with E-state index in [1.54, 1.807) is 28.8 Å². The molecule has 2 saturated heterocycles. The van der Waals surface area contributed by atoms with E-state index in [4.69, 9.17) is 9.47 Å². The van der Waals surface area contributed by atoms with Crippen molar-refractivity contribution in [3.63, 3.8) is 0 Å². The van der Waals surface area contributed by atoms with Crippen LogP contribution in [0.3, 0.4) is 0 Å². The lowest BCUT2D eigenvalue weighted by Gasteiger charge is -2.38. The molecule has 2 fully saturated rings.